The van der Waals surface area contributed by atoms with Gasteiger partial charge >= 0.3 is 0 Å². The van der Waals surface area contributed by atoms with Crippen LogP contribution < -0.4 is 70.6 Å². The monoisotopic (exact) mass is 1150 g/mol. The molecule has 0 spiro atoms. The van der Waals surface area contributed by atoms with Crippen molar-refractivity contribution in [2.45, 2.75) is 145 Å². The summed E-state index contributed by atoms with van der Waals surface area (Å²) in [6, 6.07) is 4.33. The fourth-order valence-electron chi connectivity index (χ4n) is 8.78. The number of benzene rings is 2. The van der Waals surface area contributed by atoms with E-state index in [0.29, 0.717) is 23.3 Å². The van der Waals surface area contributed by atoms with E-state index in [4.69, 9.17) is 33.4 Å². The van der Waals surface area contributed by atoms with Gasteiger partial charge in [0.2, 0.25) is 65.0 Å². The molecule has 438 valence electrons. The second-order valence-corrected chi connectivity index (χ2v) is 23.5. The zero-order valence-corrected chi connectivity index (χ0v) is 47.2. The van der Waals surface area contributed by atoms with Crippen molar-refractivity contribution in [1.29, 1.82) is 0 Å². The minimum Gasteiger partial charge on any atom is -0.497 e. The first kappa shape index (κ1) is 64.9. The smallest absolute Gasteiger partial charge is 0.246 e. The molecule has 80 heavy (non-hydrogen) atoms. The number of carbonyl (C=O) groups is 11. The van der Waals surface area contributed by atoms with Crippen LogP contribution in [0.25, 0.3) is 0 Å². The second-order valence-electron chi connectivity index (χ2n) is 20.4. The summed E-state index contributed by atoms with van der Waals surface area (Å²) >= 11 is 0. The number of nitrogens with two attached hydrogens (primary N) is 5. The fraction of sp³-hybridized carbons (Fsp3) is 0.538. The van der Waals surface area contributed by atoms with E-state index < -0.39 is 143 Å². The molecule has 0 radical (unpaired) electrons. The molecule has 28 heteroatoms. The summed E-state index contributed by atoms with van der Waals surface area (Å²) in [5.74, 6) is -9.57. The predicted molar refractivity (Wildman–Crippen MR) is 300 cm³/mol. The van der Waals surface area contributed by atoms with E-state index in [-0.39, 0.29) is 63.3 Å². The van der Waals surface area contributed by atoms with E-state index in [9.17, 15) is 52.7 Å². The molecule has 2 fully saturated rings. The molecule has 17 N–H and O–H groups in total. The van der Waals surface area contributed by atoms with Crippen molar-refractivity contribution in [2.24, 2.45) is 39.6 Å². The molecule has 8 atom stereocenters. The number of hydrogen-bond acceptors (Lipinski definition) is 15. The third kappa shape index (κ3) is 21.2. The van der Waals surface area contributed by atoms with Crippen molar-refractivity contribution in [3.05, 3.63) is 65.7 Å². The highest BCUT2D eigenvalue weighted by molar-refractivity contribution is 8.77. The second kappa shape index (κ2) is 31.2. The summed E-state index contributed by atoms with van der Waals surface area (Å²) in [6.07, 6.45) is -1.34. The fourth-order valence-corrected chi connectivity index (χ4v) is 11.5. The van der Waals surface area contributed by atoms with E-state index in [2.05, 4.69) is 42.2 Å². The molecule has 0 bridgehead atoms. The number of methoxy groups -OCH3 is 1. The number of primary amides is 3. The molecule has 4 rings (SSSR count). The largest absolute Gasteiger partial charge is 0.497 e. The molecule has 2 aliphatic heterocycles. The first-order chi connectivity index (χ1) is 37.8. The summed E-state index contributed by atoms with van der Waals surface area (Å²) in [7, 11) is 3.75. The number of nitrogens with zero attached hydrogens (tertiary/aromatic N) is 2. The predicted octanol–water partition coefficient (Wildman–Crippen LogP) is -2.24. The van der Waals surface area contributed by atoms with Crippen LogP contribution in [-0.2, 0) is 65.6 Å². The molecule has 2 aromatic rings. The minimum absolute atomic E-state index is 0.00375. The van der Waals surface area contributed by atoms with Gasteiger partial charge in [-0.3, -0.25) is 57.7 Å². The molecule has 0 aliphatic carbocycles. The summed E-state index contributed by atoms with van der Waals surface area (Å²) in [5, 5.41) is 18.5. The summed E-state index contributed by atoms with van der Waals surface area (Å²) in [5.41, 5.74) is 28.8. The maximum atomic E-state index is 14.9. The highest BCUT2D eigenvalue weighted by Crippen LogP contribution is 2.39. The maximum absolute atomic E-state index is 14.9. The Morgan fingerprint density at radius 3 is 1.94 bits per heavy atom. The van der Waals surface area contributed by atoms with E-state index in [1.807, 2.05) is 0 Å². The van der Waals surface area contributed by atoms with Gasteiger partial charge in [0.15, 0.2) is 5.96 Å². The van der Waals surface area contributed by atoms with E-state index in [0.717, 1.165) is 10.8 Å². The van der Waals surface area contributed by atoms with Crippen LogP contribution in [0.1, 0.15) is 90.2 Å². The molecule has 0 saturated carbocycles. The van der Waals surface area contributed by atoms with E-state index in [1.54, 1.807) is 82.3 Å². The van der Waals surface area contributed by atoms with Gasteiger partial charge in [-0.1, -0.05) is 77.9 Å². The van der Waals surface area contributed by atoms with Gasteiger partial charge in [0.05, 0.1) is 13.5 Å². The molecule has 26 nitrogen and oxygen atoms in total. The molecule has 11 amide bonds. The van der Waals surface area contributed by atoms with E-state index >= 15 is 0 Å². The van der Waals surface area contributed by atoms with Crippen molar-refractivity contribution >= 4 is 92.5 Å². The molecule has 2 saturated heterocycles. The lowest BCUT2D eigenvalue weighted by Gasteiger charge is -2.32. The number of aliphatic imine (C=N–C) groups is 1. The van der Waals surface area contributed by atoms with Crippen LogP contribution in [0.5, 0.6) is 5.75 Å². The lowest BCUT2D eigenvalue weighted by Crippen LogP contribution is -2.61. The van der Waals surface area contributed by atoms with Crippen molar-refractivity contribution in [3.63, 3.8) is 0 Å². The third-order valence-corrected chi connectivity index (χ3v) is 16.2. The van der Waals surface area contributed by atoms with Crippen LogP contribution in [-0.4, -0.2) is 155 Å². The van der Waals surface area contributed by atoms with Gasteiger partial charge in [-0.25, -0.2) is 0 Å². The summed E-state index contributed by atoms with van der Waals surface area (Å²) in [4.78, 5) is 157. The van der Waals surface area contributed by atoms with Gasteiger partial charge in [-0.2, -0.15) is 0 Å². The van der Waals surface area contributed by atoms with E-state index in [1.165, 1.54) is 22.8 Å². The number of amides is 11. The zero-order chi connectivity index (χ0) is 59.3. The Hall–Kier alpha value is -7.62. The van der Waals surface area contributed by atoms with Crippen molar-refractivity contribution < 1.29 is 57.5 Å². The Balaban J connectivity index is 1.75. The Morgan fingerprint density at radius 1 is 0.762 bits per heavy atom. The van der Waals surface area contributed by atoms with Crippen LogP contribution in [0, 0.1) is 5.92 Å². The molecule has 3 unspecified atom stereocenters. The molecular formula is C52H76N14O12S2. The van der Waals surface area contributed by atoms with Crippen LogP contribution in [0.4, 0.5) is 0 Å². The molecule has 2 aliphatic rings. The zero-order valence-electron chi connectivity index (χ0n) is 45.6. The quantitative estimate of drug-likeness (QED) is 0.0272. The highest BCUT2D eigenvalue weighted by atomic mass is 33.1. The number of rotatable bonds is 21. The van der Waals surface area contributed by atoms with Crippen LogP contribution in [0.2, 0.25) is 0 Å². The number of nitrogens with one attached hydrogen (secondary N) is 7. The van der Waals surface area contributed by atoms with Gasteiger partial charge in [0, 0.05) is 49.3 Å². The highest BCUT2D eigenvalue weighted by Gasteiger charge is 2.41. The van der Waals surface area contributed by atoms with Gasteiger partial charge in [-0.15, -0.1) is 0 Å². The average Bonchev–Trinajstić information content (AvgIpc) is 3.90. The van der Waals surface area contributed by atoms with Crippen molar-refractivity contribution in [3.8, 4) is 5.75 Å². The Morgan fingerprint density at radius 2 is 1.35 bits per heavy atom. The minimum atomic E-state index is -1.78. The standard InChI is InChI=1S/C52H76N14O12S2/c1-28(2)42(43(55)70)65-45(72)32(13-9-21-58-51(56)57)61-49(76)38-14-10-22-66(38)50(77)37-27-79-80-52(3,4)26-41(69)59-34(24-30-15-17-31(78-5)18-16-30)46(73)62-35(23-29-11-7-6-8-12-29)47(74)60-33(19-20-39(53)67)44(71)63-36(25-40(54)68)48(75)64-37/h6-8,11-12,15-18,28,32-38,42H,9-10,13-14,19-27H2,1-5H3,(H2,53,67)(H2,54,68)(H2,55,70)(H,59,69)(H,60,74)(H,61,76)(H,62,73)(H,63,71)(H,64,75)(H,65,72)(H4,56,57,58)/t32-,33-,34?,35?,36-,37?,38-,42-/m0/s1. The Kier molecular flexibility index (Phi) is 25.3. The topological polar surface area (TPSA) is 427 Å². The normalized spacial score (nSPS) is 22.1. The molecule has 0 aromatic heterocycles. The first-order valence-electron chi connectivity index (χ1n) is 26.1. The first-order valence-corrected chi connectivity index (χ1v) is 28.4. The Labute approximate surface area is 472 Å². The SMILES string of the molecule is COc1ccc(CC2NC(=O)CC(C)(C)SSCC(C(=O)N3CCC[C@H]3C(=O)N[C@@H](CCCN=C(N)N)C(=O)N[C@H](C(N)=O)C(C)C)NC(=O)[C@H](CC(N)=O)NC(=O)[C@H](CCC(N)=O)NC(=O)C(Cc3ccccc3)NC2=O)cc1. The number of ether oxygens (including phenoxy) is 1. The number of hydrogen-bond donors (Lipinski definition) is 12. The average molecular weight is 1150 g/mol. The van der Waals surface area contributed by atoms with Crippen molar-refractivity contribution in [1.82, 2.24) is 42.1 Å². The number of carbonyl (C=O) groups excluding carboxylic acids is 11. The van der Waals surface area contributed by atoms with Crippen LogP contribution in [0.15, 0.2) is 59.6 Å². The van der Waals surface area contributed by atoms with Crippen molar-refractivity contribution in [2.75, 3.05) is 26.0 Å². The number of likely N-dealkylation sites (tertiary alicyclic amines) is 1. The van der Waals surface area contributed by atoms with Gasteiger partial charge < -0.3 is 75.5 Å². The summed E-state index contributed by atoms with van der Waals surface area (Å²) < 4.78 is 4.37. The lowest BCUT2D eigenvalue weighted by molar-refractivity contribution is -0.142. The maximum Gasteiger partial charge on any atom is 0.246 e. The van der Waals surface area contributed by atoms with Gasteiger partial charge in [-0.05, 0) is 75.1 Å². The van der Waals surface area contributed by atoms with Gasteiger partial charge in [0.25, 0.3) is 0 Å². The summed E-state index contributed by atoms with van der Waals surface area (Å²) in [6.45, 7) is 6.95. The molecular weight excluding hydrogens is 1080 g/mol. The van der Waals surface area contributed by atoms with Gasteiger partial charge in [0.1, 0.15) is 54.1 Å². The van der Waals surface area contributed by atoms with Crippen LogP contribution >= 0.6 is 21.6 Å². The Bertz CT molecular complexity index is 2570. The number of guanidine groups is 1. The lowest BCUT2D eigenvalue weighted by atomic mass is 10.0. The van der Waals surface area contributed by atoms with Crippen LogP contribution in [0.3, 0.4) is 0 Å². The molecule has 2 aromatic carbocycles. The third-order valence-electron chi connectivity index (χ3n) is 12.9. The molecule has 2 heterocycles.